The van der Waals surface area contributed by atoms with Gasteiger partial charge in [0.25, 0.3) is 0 Å². The first-order valence-electron chi connectivity index (χ1n) is 7.76. The van der Waals surface area contributed by atoms with Crippen molar-refractivity contribution in [3.8, 4) is 17.1 Å². The Bertz CT molecular complexity index is 845. The smallest absolute Gasteiger partial charge is 0.241 e. The average Bonchev–Trinajstić information content (AvgIpc) is 3.12. The molecular weight excluding hydrogens is 292 g/mol. The summed E-state index contributed by atoms with van der Waals surface area (Å²) in [6.07, 6.45) is 9.34. The highest BCUT2D eigenvalue weighted by molar-refractivity contribution is 5.63. The minimum absolute atomic E-state index is 0.182. The number of hydrogen-bond donors (Lipinski definition) is 1. The van der Waals surface area contributed by atoms with Gasteiger partial charge in [-0.25, -0.2) is 9.50 Å². The summed E-state index contributed by atoms with van der Waals surface area (Å²) in [5.74, 6) is 0.626. The molecule has 7 heteroatoms. The molecule has 120 valence electrons. The van der Waals surface area contributed by atoms with Crippen LogP contribution < -0.4 is 10.1 Å². The second-order valence-corrected chi connectivity index (χ2v) is 6.44. The predicted molar refractivity (Wildman–Crippen MR) is 86.3 cm³/mol. The van der Waals surface area contributed by atoms with Crippen molar-refractivity contribution in [2.24, 2.45) is 7.05 Å². The molecule has 0 saturated heterocycles. The molecule has 1 saturated carbocycles. The largest absolute Gasteiger partial charge is 0.470 e. The van der Waals surface area contributed by atoms with E-state index in [1.54, 1.807) is 17.1 Å². The maximum atomic E-state index is 6.27. The van der Waals surface area contributed by atoms with Crippen molar-refractivity contribution in [3.63, 3.8) is 0 Å². The minimum Gasteiger partial charge on any atom is -0.470 e. The van der Waals surface area contributed by atoms with Gasteiger partial charge in [-0.2, -0.15) is 10.2 Å². The highest BCUT2D eigenvalue weighted by Gasteiger charge is 2.42. The van der Waals surface area contributed by atoms with E-state index in [4.69, 9.17) is 9.72 Å². The lowest BCUT2D eigenvalue weighted by atomic mass is 9.77. The molecule has 1 aliphatic rings. The molecule has 4 rings (SSSR count). The van der Waals surface area contributed by atoms with Crippen LogP contribution in [0.25, 0.3) is 16.8 Å². The Morgan fingerprint density at radius 1 is 1.30 bits per heavy atom. The van der Waals surface area contributed by atoms with Gasteiger partial charge in [0.05, 0.1) is 24.3 Å². The molecule has 0 bridgehead atoms. The van der Waals surface area contributed by atoms with Gasteiger partial charge >= 0.3 is 0 Å². The molecule has 0 amide bonds. The normalized spacial score (nSPS) is 23.9. The van der Waals surface area contributed by atoms with Gasteiger partial charge < -0.3 is 10.1 Å². The summed E-state index contributed by atoms with van der Waals surface area (Å²) in [4.78, 5) is 4.72. The summed E-state index contributed by atoms with van der Waals surface area (Å²) in [6.45, 7) is 2.13. The zero-order valence-electron chi connectivity index (χ0n) is 13.5. The monoisotopic (exact) mass is 312 g/mol. The standard InChI is InChI=1S/C16H20N6O/c1-16(6-12(7-16)17-2)23-15-14-4-5-18-22(14)10-13(20-15)11-8-19-21(3)9-11/h4-5,8-10,12,17H,6-7H2,1-3H3. The topological polar surface area (TPSA) is 69.3 Å². The molecule has 3 aromatic rings. The first-order chi connectivity index (χ1) is 11.1. The minimum atomic E-state index is -0.182. The van der Waals surface area contributed by atoms with Crippen LogP contribution in [0.1, 0.15) is 19.8 Å². The SMILES string of the molecule is CNC1CC(C)(Oc2nc(-c3cnn(C)c3)cn3nccc23)C1. The van der Waals surface area contributed by atoms with Gasteiger partial charge in [-0.3, -0.25) is 4.68 Å². The number of nitrogens with zero attached hydrogens (tertiary/aromatic N) is 5. The Hall–Kier alpha value is -2.41. The van der Waals surface area contributed by atoms with Crippen molar-refractivity contribution in [1.82, 2.24) is 29.7 Å². The molecule has 3 heterocycles. The predicted octanol–water partition coefficient (Wildman–Crippen LogP) is 1.65. The third kappa shape index (κ3) is 2.46. The van der Waals surface area contributed by atoms with E-state index in [-0.39, 0.29) is 5.60 Å². The molecule has 3 aromatic heterocycles. The van der Waals surface area contributed by atoms with Crippen LogP contribution in [0.15, 0.2) is 30.9 Å². The van der Waals surface area contributed by atoms with E-state index in [1.807, 2.05) is 37.1 Å². The summed E-state index contributed by atoms with van der Waals surface area (Å²) in [5, 5.41) is 11.8. The lowest BCUT2D eigenvalue weighted by molar-refractivity contribution is -0.0152. The highest BCUT2D eigenvalue weighted by atomic mass is 16.5. The lowest BCUT2D eigenvalue weighted by Gasteiger charge is -2.44. The van der Waals surface area contributed by atoms with Crippen LogP contribution in [0.3, 0.4) is 0 Å². The van der Waals surface area contributed by atoms with Crippen molar-refractivity contribution < 1.29 is 4.74 Å². The fourth-order valence-electron chi connectivity index (χ4n) is 3.17. The molecule has 0 aliphatic heterocycles. The van der Waals surface area contributed by atoms with Crippen molar-refractivity contribution >= 4 is 5.52 Å². The first kappa shape index (κ1) is 14.2. The highest BCUT2D eigenvalue weighted by Crippen LogP contribution is 2.37. The van der Waals surface area contributed by atoms with Gasteiger partial charge in [-0.1, -0.05) is 0 Å². The quantitative estimate of drug-likeness (QED) is 0.793. The maximum Gasteiger partial charge on any atom is 0.241 e. The van der Waals surface area contributed by atoms with Gasteiger partial charge in [-0.05, 0) is 20.0 Å². The molecule has 1 fully saturated rings. The molecule has 23 heavy (non-hydrogen) atoms. The van der Waals surface area contributed by atoms with Crippen LogP contribution in [0.5, 0.6) is 5.88 Å². The van der Waals surface area contributed by atoms with Gasteiger partial charge in [0.1, 0.15) is 11.1 Å². The van der Waals surface area contributed by atoms with Crippen LogP contribution in [0.2, 0.25) is 0 Å². The van der Waals surface area contributed by atoms with Crippen molar-refractivity contribution in [2.45, 2.75) is 31.4 Å². The number of aryl methyl sites for hydroxylation is 1. The molecule has 0 aromatic carbocycles. The third-order valence-corrected chi connectivity index (χ3v) is 4.46. The molecule has 7 nitrogen and oxygen atoms in total. The molecule has 0 radical (unpaired) electrons. The van der Waals surface area contributed by atoms with E-state index >= 15 is 0 Å². The van der Waals surface area contributed by atoms with E-state index in [0.717, 1.165) is 29.6 Å². The Balaban J connectivity index is 1.72. The van der Waals surface area contributed by atoms with Crippen LogP contribution >= 0.6 is 0 Å². The van der Waals surface area contributed by atoms with Gasteiger partial charge in [0.15, 0.2) is 0 Å². The van der Waals surface area contributed by atoms with Crippen LogP contribution in [0.4, 0.5) is 0 Å². The number of rotatable bonds is 4. The molecule has 0 spiro atoms. The summed E-state index contributed by atoms with van der Waals surface area (Å²) >= 11 is 0. The first-order valence-corrected chi connectivity index (χ1v) is 7.76. The Morgan fingerprint density at radius 2 is 2.13 bits per heavy atom. The van der Waals surface area contributed by atoms with Crippen LogP contribution in [-0.2, 0) is 7.05 Å². The van der Waals surface area contributed by atoms with Crippen molar-refractivity contribution in [2.75, 3.05) is 7.05 Å². The maximum absolute atomic E-state index is 6.27. The third-order valence-electron chi connectivity index (χ3n) is 4.46. The second kappa shape index (κ2) is 5.06. The zero-order valence-corrected chi connectivity index (χ0v) is 13.5. The molecule has 0 unspecified atom stereocenters. The second-order valence-electron chi connectivity index (χ2n) is 6.44. The summed E-state index contributed by atoms with van der Waals surface area (Å²) in [7, 11) is 3.88. The van der Waals surface area contributed by atoms with Crippen LogP contribution in [0, 0.1) is 0 Å². The number of fused-ring (bicyclic) bond motifs is 1. The Kier molecular flexibility index (Phi) is 3.12. The Labute approximate surface area is 134 Å². The molecule has 1 N–H and O–H groups in total. The van der Waals surface area contributed by atoms with Gasteiger partial charge in [0.2, 0.25) is 5.88 Å². The van der Waals surface area contributed by atoms with E-state index < -0.39 is 0 Å². The zero-order chi connectivity index (χ0) is 16.0. The van der Waals surface area contributed by atoms with Crippen LogP contribution in [-0.4, -0.2) is 43.1 Å². The van der Waals surface area contributed by atoms with Gasteiger partial charge in [-0.15, -0.1) is 0 Å². The van der Waals surface area contributed by atoms with E-state index in [9.17, 15) is 0 Å². The average molecular weight is 312 g/mol. The lowest BCUT2D eigenvalue weighted by Crippen LogP contribution is -2.54. The number of aromatic nitrogens is 5. The molecule has 1 aliphatic carbocycles. The van der Waals surface area contributed by atoms with Crippen molar-refractivity contribution in [3.05, 3.63) is 30.9 Å². The van der Waals surface area contributed by atoms with Gasteiger partial charge in [0, 0.05) is 37.7 Å². The molecular formula is C16H20N6O. The van der Waals surface area contributed by atoms with Crippen molar-refractivity contribution in [1.29, 1.82) is 0 Å². The fraction of sp³-hybridized carbons (Fsp3) is 0.438. The number of hydrogen-bond acceptors (Lipinski definition) is 5. The van der Waals surface area contributed by atoms with E-state index in [2.05, 4.69) is 22.4 Å². The Morgan fingerprint density at radius 3 is 2.83 bits per heavy atom. The summed E-state index contributed by atoms with van der Waals surface area (Å²) in [6, 6.07) is 2.44. The van der Waals surface area contributed by atoms with E-state index in [0.29, 0.717) is 11.9 Å². The number of nitrogens with one attached hydrogen (secondary N) is 1. The fourth-order valence-corrected chi connectivity index (χ4v) is 3.17. The summed E-state index contributed by atoms with van der Waals surface area (Å²) in [5.41, 5.74) is 2.45. The number of ether oxygens (including phenoxy) is 1. The molecule has 0 atom stereocenters. The summed E-state index contributed by atoms with van der Waals surface area (Å²) < 4.78 is 9.84. The van der Waals surface area contributed by atoms with E-state index in [1.165, 1.54) is 0 Å².